The number of halogens is 1. The molecule has 0 aliphatic rings. The van der Waals surface area contributed by atoms with E-state index in [0.717, 1.165) is 0 Å². The lowest BCUT2D eigenvalue weighted by Crippen LogP contribution is -2.45. The third-order valence-corrected chi connectivity index (χ3v) is 4.03. The minimum atomic E-state index is -3.18. The van der Waals surface area contributed by atoms with Gasteiger partial charge in [0.2, 0.25) is 10.0 Å². The number of sulfonamides is 1. The first-order valence-electron chi connectivity index (χ1n) is 4.76. The molecule has 0 aromatic carbocycles. The van der Waals surface area contributed by atoms with Crippen LogP contribution >= 0.6 is 11.6 Å². The van der Waals surface area contributed by atoms with Gasteiger partial charge in [-0.05, 0) is 26.2 Å². The van der Waals surface area contributed by atoms with Gasteiger partial charge in [-0.2, -0.15) is 0 Å². The summed E-state index contributed by atoms with van der Waals surface area (Å²) in [4.78, 5) is 0. The van der Waals surface area contributed by atoms with Gasteiger partial charge in [0, 0.05) is 11.4 Å². The van der Waals surface area contributed by atoms with Crippen LogP contribution in [0.25, 0.3) is 0 Å². The summed E-state index contributed by atoms with van der Waals surface area (Å²) in [5.41, 5.74) is -0.558. The molecule has 3 nitrogen and oxygen atoms in total. The molecule has 0 rings (SSSR count). The lowest BCUT2D eigenvalue weighted by molar-refractivity contribution is 0.490. The van der Waals surface area contributed by atoms with Crippen LogP contribution in [-0.4, -0.2) is 25.6 Å². The first kappa shape index (κ1) is 14.2. The Balaban J connectivity index is 4.22. The van der Waals surface area contributed by atoms with Gasteiger partial charge in [-0.1, -0.05) is 13.8 Å². The minimum Gasteiger partial charge on any atom is -0.212 e. The van der Waals surface area contributed by atoms with Crippen molar-refractivity contribution in [1.82, 2.24) is 4.72 Å². The van der Waals surface area contributed by atoms with Crippen LogP contribution in [0.5, 0.6) is 0 Å². The molecule has 0 aromatic heterocycles. The SMILES string of the molecule is CC(C)CCS(=O)(=O)NC(C)(C)CCl. The zero-order valence-corrected chi connectivity index (χ0v) is 10.9. The van der Waals surface area contributed by atoms with E-state index in [4.69, 9.17) is 11.6 Å². The fourth-order valence-electron chi connectivity index (χ4n) is 0.890. The van der Waals surface area contributed by atoms with Gasteiger partial charge >= 0.3 is 0 Å². The molecule has 0 aliphatic heterocycles. The highest BCUT2D eigenvalue weighted by Crippen LogP contribution is 2.09. The highest BCUT2D eigenvalue weighted by atomic mass is 35.5. The number of hydrogen-bond donors (Lipinski definition) is 1. The van der Waals surface area contributed by atoms with Gasteiger partial charge in [-0.3, -0.25) is 0 Å². The molecule has 0 fully saturated rings. The topological polar surface area (TPSA) is 46.2 Å². The fourth-order valence-corrected chi connectivity index (χ4v) is 2.83. The van der Waals surface area contributed by atoms with Crippen LogP contribution in [0.2, 0.25) is 0 Å². The molecule has 5 heteroatoms. The Morgan fingerprint density at radius 1 is 1.36 bits per heavy atom. The van der Waals surface area contributed by atoms with E-state index in [1.807, 2.05) is 13.8 Å². The van der Waals surface area contributed by atoms with Crippen molar-refractivity contribution in [1.29, 1.82) is 0 Å². The van der Waals surface area contributed by atoms with Crippen molar-refractivity contribution >= 4 is 21.6 Å². The van der Waals surface area contributed by atoms with Gasteiger partial charge in [0.15, 0.2) is 0 Å². The zero-order chi connectivity index (χ0) is 11.4. The predicted molar refractivity (Wildman–Crippen MR) is 61.2 cm³/mol. The van der Waals surface area contributed by atoms with Gasteiger partial charge in [-0.15, -0.1) is 11.6 Å². The van der Waals surface area contributed by atoms with Crippen molar-refractivity contribution in [3.8, 4) is 0 Å². The molecule has 0 saturated carbocycles. The second kappa shape index (κ2) is 5.33. The van der Waals surface area contributed by atoms with Crippen LogP contribution in [0.1, 0.15) is 34.1 Å². The van der Waals surface area contributed by atoms with Crippen molar-refractivity contribution in [3.63, 3.8) is 0 Å². The van der Waals surface area contributed by atoms with Crippen LogP contribution in [0.3, 0.4) is 0 Å². The Hall–Kier alpha value is 0.200. The van der Waals surface area contributed by atoms with E-state index in [-0.39, 0.29) is 11.6 Å². The summed E-state index contributed by atoms with van der Waals surface area (Å²) in [7, 11) is -3.18. The molecular formula is C9H20ClNO2S. The van der Waals surface area contributed by atoms with E-state index >= 15 is 0 Å². The fraction of sp³-hybridized carbons (Fsp3) is 1.00. The van der Waals surface area contributed by atoms with Crippen molar-refractivity contribution in [3.05, 3.63) is 0 Å². The Morgan fingerprint density at radius 3 is 2.21 bits per heavy atom. The van der Waals surface area contributed by atoms with Crippen LogP contribution < -0.4 is 4.72 Å². The van der Waals surface area contributed by atoms with Crippen molar-refractivity contribution in [2.75, 3.05) is 11.6 Å². The maximum Gasteiger partial charge on any atom is 0.212 e. The molecule has 14 heavy (non-hydrogen) atoms. The quantitative estimate of drug-likeness (QED) is 0.723. The molecule has 0 atom stereocenters. The summed E-state index contributed by atoms with van der Waals surface area (Å²) >= 11 is 5.64. The van der Waals surface area contributed by atoms with E-state index in [0.29, 0.717) is 12.3 Å². The standard InChI is InChI=1S/C9H20ClNO2S/c1-8(2)5-6-14(12,13)11-9(3,4)7-10/h8,11H,5-7H2,1-4H3. The van der Waals surface area contributed by atoms with Crippen LogP contribution in [0, 0.1) is 5.92 Å². The van der Waals surface area contributed by atoms with E-state index in [1.54, 1.807) is 13.8 Å². The van der Waals surface area contributed by atoms with Gasteiger partial charge in [0.1, 0.15) is 0 Å². The first-order valence-corrected chi connectivity index (χ1v) is 6.95. The van der Waals surface area contributed by atoms with E-state index in [2.05, 4.69) is 4.72 Å². The summed E-state index contributed by atoms with van der Waals surface area (Å²) in [6.45, 7) is 7.55. The molecule has 0 unspecified atom stereocenters. The van der Waals surface area contributed by atoms with Crippen LogP contribution in [0.4, 0.5) is 0 Å². The molecule has 86 valence electrons. The average Bonchev–Trinajstić information content (AvgIpc) is 1.99. The second-order valence-corrected chi connectivity index (χ2v) is 6.73. The highest BCUT2D eigenvalue weighted by Gasteiger charge is 2.23. The average molecular weight is 242 g/mol. The smallest absolute Gasteiger partial charge is 0.212 e. The van der Waals surface area contributed by atoms with Crippen molar-refractivity contribution < 1.29 is 8.42 Å². The zero-order valence-electron chi connectivity index (χ0n) is 9.30. The second-order valence-electron chi connectivity index (χ2n) is 4.62. The number of nitrogens with one attached hydrogen (secondary N) is 1. The van der Waals surface area contributed by atoms with Gasteiger partial charge in [0.05, 0.1) is 5.75 Å². The van der Waals surface area contributed by atoms with Gasteiger partial charge in [-0.25, -0.2) is 13.1 Å². The lowest BCUT2D eigenvalue weighted by atomic mass is 10.1. The van der Waals surface area contributed by atoms with Crippen molar-refractivity contribution in [2.45, 2.75) is 39.7 Å². The number of hydrogen-bond acceptors (Lipinski definition) is 2. The Labute approximate surface area is 92.3 Å². The Kier molecular flexibility index (Phi) is 5.41. The van der Waals surface area contributed by atoms with E-state index in [1.165, 1.54) is 0 Å². The van der Waals surface area contributed by atoms with E-state index in [9.17, 15) is 8.42 Å². The third-order valence-electron chi connectivity index (χ3n) is 1.73. The summed E-state index contributed by atoms with van der Waals surface area (Å²) < 4.78 is 25.7. The summed E-state index contributed by atoms with van der Waals surface area (Å²) in [5, 5.41) is 0. The molecule has 0 bridgehead atoms. The molecule has 0 aliphatic carbocycles. The van der Waals surface area contributed by atoms with Crippen LogP contribution in [-0.2, 0) is 10.0 Å². The first-order chi connectivity index (χ1) is 6.18. The Bertz CT molecular complexity index is 260. The predicted octanol–water partition coefficient (Wildman–Crippen LogP) is 1.97. The summed E-state index contributed by atoms with van der Waals surface area (Å²) in [5.74, 6) is 0.838. The highest BCUT2D eigenvalue weighted by molar-refractivity contribution is 7.89. The molecule has 0 radical (unpaired) electrons. The number of alkyl halides is 1. The molecular weight excluding hydrogens is 222 g/mol. The number of rotatable bonds is 6. The lowest BCUT2D eigenvalue weighted by Gasteiger charge is -2.23. The molecule has 0 heterocycles. The normalized spacial score (nSPS) is 13.6. The molecule has 0 amide bonds. The molecule has 0 spiro atoms. The minimum absolute atomic E-state index is 0.172. The van der Waals surface area contributed by atoms with Gasteiger partial charge in [0.25, 0.3) is 0 Å². The largest absolute Gasteiger partial charge is 0.212 e. The van der Waals surface area contributed by atoms with Crippen molar-refractivity contribution in [2.24, 2.45) is 5.92 Å². The Morgan fingerprint density at radius 2 is 1.86 bits per heavy atom. The third kappa shape index (κ3) is 6.62. The molecule has 1 N–H and O–H groups in total. The van der Waals surface area contributed by atoms with Gasteiger partial charge < -0.3 is 0 Å². The van der Waals surface area contributed by atoms with Crippen LogP contribution in [0.15, 0.2) is 0 Å². The van der Waals surface area contributed by atoms with E-state index < -0.39 is 15.6 Å². The molecule has 0 saturated heterocycles. The summed E-state index contributed by atoms with van der Waals surface area (Å²) in [6, 6.07) is 0. The monoisotopic (exact) mass is 241 g/mol. The maximum atomic E-state index is 11.5. The molecule has 0 aromatic rings. The summed E-state index contributed by atoms with van der Waals surface area (Å²) in [6.07, 6.45) is 0.674. The maximum absolute atomic E-state index is 11.5.